The van der Waals surface area contributed by atoms with Crippen molar-refractivity contribution in [2.75, 3.05) is 19.7 Å². The van der Waals surface area contributed by atoms with Crippen LogP contribution < -0.4 is 0 Å². The molecule has 2 aliphatic rings. The second kappa shape index (κ2) is 6.43. The molecule has 3 atom stereocenters. The lowest BCUT2D eigenvalue weighted by atomic mass is 10.2. The van der Waals surface area contributed by atoms with Crippen molar-refractivity contribution in [1.82, 2.24) is 4.90 Å². The molecule has 0 aliphatic carbocycles. The summed E-state index contributed by atoms with van der Waals surface area (Å²) in [4.78, 5) is 14.2. The Morgan fingerprint density at radius 2 is 1.80 bits per heavy atom. The maximum atomic E-state index is 12.6. The number of nitrogens with zero attached hydrogens (tertiary/aromatic N) is 1. The van der Waals surface area contributed by atoms with Crippen LogP contribution in [0.25, 0.3) is 0 Å². The Hall–Kier alpha value is -0.620. The van der Waals surface area contributed by atoms with E-state index in [9.17, 15) is 13.2 Å². The summed E-state index contributed by atoms with van der Waals surface area (Å²) in [6.45, 7) is 5.16. The maximum absolute atomic E-state index is 12.6. The fourth-order valence-electron chi connectivity index (χ4n) is 3.09. The molecule has 0 saturated carbocycles. The molecule has 2 saturated heterocycles. The van der Waals surface area contributed by atoms with Crippen LogP contribution in [0.4, 0.5) is 0 Å². The number of rotatable bonds is 3. The summed E-state index contributed by atoms with van der Waals surface area (Å²) in [7, 11) is -3.46. The molecule has 0 bridgehead atoms. The van der Waals surface area contributed by atoms with Crippen LogP contribution in [0.1, 0.15) is 46.0 Å². The van der Waals surface area contributed by atoms with Gasteiger partial charge in [-0.15, -0.1) is 0 Å². The molecule has 2 rings (SSSR count). The monoisotopic (exact) mass is 303 g/mol. The normalized spacial score (nSPS) is 30.0. The van der Waals surface area contributed by atoms with Crippen molar-refractivity contribution in [3.8, 4) is 0 Å². The van der Waals surface area contributed by atoms with Gasteiger partial charge in [-0.05, 0) is 33.1 Å². The third-order valence-corrected chi connectivity index (χ3v) is 7.14. The number of hydrogen-bond acceptors (Lipinski definition) is 4. The third kappa shape index (κ3) is 3.17. The van der Waals surface area contributed by atoms with Gasteiger partial charge < -0.3 is 9.64 Å². The van der Waals surface area contributed by atoms with E-state index in [4.69, 9.17) is 4.74 Å². The number of hydrogen-bond donors (Lipinski definition) is 0. The molecule has 5 nitrogen and oxygen atoms in total. The van der Waals surface area contributed by atoms with E-state index in [1.165, 1.54) is 6.92 Å². The second-order valence-electron chi connectivity index (χ2n) is 5.87. The first-order valence-electron chi connectivity index (χ1n) is 7.57. The fourth-order valence-corrected chi connectivity index (χ4v) is 5.09. The van der Waals surface area contributed by atoms with Gasteiger partial charge in [-0.1, -0.05) is 12.8 Å². The van der Waals surface area contributed by atoms with Crippen LogP contribution in [-0.4, -0.2) is 55.5 Å². The van der Waals surface area contributed by atoms with Crippen molar-refractivity contribution >= 4 is 15.7 Å². The smallest absolute Gasteiger partial charge is 0.240 e. The van der Waals surface area contributed by atoms with Crippen LogP contribution in [-0.2, 0) is 19.4 Å². The molecule has 0 aromatic rings. The molecule has 2 aliphatic heterocycles. The van der Waals surface area contributed by atoms with Gasteiger partial charge >= 0.3 is 0 Å². The van der Waals surface area contributed by atoms with E-state index in [2.05, 4.69) is 0 Å². The van der Waals surface area contributed by atoms with Gasteiger partial charge in [0, 0.05) is 19.7 Å². The Morgan fingerprint density at radius 3 is 2.30 bits per heavy atom. The first-order chi connectivity index (χ1) is 9.44. The predicted molar refractivity (Wildman–Crippen MR) is 77.2 cm³/mol. The molecule has 116 valence electrons. The van der Waals surface area contributed by atoms with Gasteiger partial charge in [-0.2, -0.15) is 0 Å². The topological polar surface area (TPSA) is 63.7 Å². The SMILES string of the molecule is C[C@@H]1OCC[C@@H]1S(=O)(=O)[C@@H](C)C(=O)N1CCCCCC1. The van der Waals surface area contributed by atoms with E-state index >= 15 is 0 Å². The molecule has 2 heterocycles. The molecule has 1 amide bonds. The Labute approximate surface area is 121 Å². The summed E-state index contributed by atoms with van der Waals surface area (Å²) in [5.41, 5.74) is 0. The zero-order valence-electron chi connectivity index (χ0n) is 12.4. The average Bonchev–Trinajstić information content (AvgIpc) is 2.69. The van der Waals surface area contributed by atoms with Gasteiger partial charge in [0.15, 0.2) is 9.84 Å². The van der Waals surface area contributed by atoms with E-state index in [-0.39, 0.29) is 12.0 Å². The Balaban J connectivity index is 2.08. The molecule has 0 unspecified atom stereocenters. The lowest BCUT2D eigenvalue weighted by molar-refractivity contribution is -0.130. The molecule has 2 fully saturated rings. The molecule has 0 aromatic carbocycles. The highest BCUT2D eigenvalue weighted by Crippen LogP contribution is 2.25. The summed E-state index contributed by atoms with van der Waals surface area (Å²) < 4.78 is 30.5. The van der Waals surface area contributed by atoms with Gasteiger partial charge in [-0.3, -0.25) is 4.79 Å². The minimum Gasteiger partial charge on any atom is -0.377 e. The number of carbonyl (C=O) groups is 1. The van der Waals surface area contributed by atoms with Crippen molar-refractivity contribution in [3.05, 3.63) is 0 Å². The minimum atomic E-state index is -3.46. The van der Waals surface area contributed by atoms with Gasteiger partial charge in [0.2, 0.25) is 5.91 Å². The zero-order valence-corrected chi connectivity index (χ0v) is 13.2. The van der Waals surface area contributed by atoms with E-state index < -0.39 is 20.3 Å². The van der Waals surface area contributed by atoms with Crippen molar-refractivity contribution in [1.29, 1.82) is 0 Å². The van der Waals surface area contributed by atoms with E-state index in [1.54, 1.807) is 11.8 Å². The molecular weight excluding hydrogens is 278 g/mol. The number of carbonyl (C=O) groups excluding carboxylic acids is 1. The Morgan fingerprint density at radius 1 is 1.20 bits per heavy atom. The first-order valence-corrected chi connectivity index (χ1v) is 9.18. The molecule has 6 heteroatoms. The van der Waals surface area contributed by atoms with Gasteiger partial charge in [-0.25, -0.2) is 8.42 Å². The number of likely N-dealkylation sites (tertiary alicyclic amines) is 1. The Kier molecular flexibility index (Phi) is 5.07. The summed E-state index contributed by atoms with van der Waals surface area (Å²) in [5, 5.41) is -1.48. The third-order valence-electron chi connectivity index (χ3n) is 4.49. The van der Waals surface area contributed by atoms with Crippen LogP contribution in [0.15, 0.2) is 0 Å². The van der Waals surface area contributed by atoms with Gasteiger partial charge in [0.05, 0.1) is 11.4 Å². The molecule has 20 heavy (non-hydrogen) atoms. The maximum Gasteiger partial charge on any atom is 0.240 e. The quantitative estimate of drug-likeness (QED) is 0.790. The van der Waals surface area contributed by atoms with Crippen LogP contribution in [0.5, 0.6) is 0 Å². The second-order valence-corrected chi connectivity index (χ2v) is 8.36. The number of amides is 1. The summed E-state index contributed by atoms with van der Waals surface area (Å²) in [5.74, 6) is -0.231. The molecule has 0 N–H and O–H groups in total. The Bertz CT molecular complexity index is 440. The average molecular weight is 303 g/mol. The van der Waals surface area contributed by atoms with Crippen molar-refractivity contribution in [2.45, 2.75) is 62.6 Å². The zero-order chi connectivity index (χ0) is 14.8. The number of sulfone groups is 1. The molecular formula is C14H25NO4S. The first kappa shape index (κ1) is 15.8. The van der Waals surface area contributed by atoms with Crippen LogP contribution >= 0.6 is 0 Å². The standard InChI is InChI=1S/C14H25NO4S/c1-11-13(7-10-19-11)20(17,18)12(2)14(16)15-8-5-3-4-6-9-15/h11-13H,3-10H2,1-2H3/t11-,12-,13-/m0/s1. The molecule has 0 radical (unpaired) electrons. The lowest BCUT2D eigenvalue weighted by Crippen LogP contribution is -2.46. The minimum absolute atomic E-state index is 0.231. The van der Waals surface area contributed by atoms with Gasteiger partial charge in [0.25, 0.3) is 0 Å². The lowest BCUT2D eigenvalue weighted by Gasteiger charge is -2.26. The predicted octanol–water partition coefficient (Wildman–Crippen LogP) is 1.37. The van der Waals surface area contributed by atoms with Crippen molar-refractivity contribution in [3.63, 3.8) is 0 Å². The summed E-state index contributed by atoms with van der Waals surface area (Å²) in [6.07, 6.45) is 4.39. The van der Waals surface area contributed by atoms with Crippen molar-refractivity contribution in [2.24, 2.45) is 0 Å². The highest BCUT2D eigenvalue weighted by Gasteiger charge is 2.42. The molecule has 0 spiro atoms. The summed E-state index contributed by atoms with van der Waals surface area (Å²) in [6, 6.07) is 0. The van der Waals surface area contributed by atoms with Crippen LogP contribution in [0, 0.1) is 0 Å². The fraction of sp³-hybridized carbons (Fsp3) is 0.929. The van der Waals surface area contributed by atoms with E-state index in [0.29, 0.717) is 26.1 Å². The summed E-state index contributed by atoms with van der Waals surface area (Å²) >= 11 is 0. The highest BCUT2D eigenvalue weighted by molar-refractivity contribution is 7.93. The van der Waals surface area contributed by atoms with Crippen LogP contribution in [0.2, 0.25) is 0 Å². The van der Waals surface area contributed by atoms with E-state index in [0.717, 1.165) is 25.7 Å². The van der Waals surface area contributed by atoms with E-state index in [1.807, 2.05) is 0 Å². The van der Waals surface area contributed by atoms with Crippen LogP contribution in [0.3, 0.4) is 0 Å². The van der Waals surface area contributed by atoms with Gasteiger partial charge in [0.1, 0.15) is 5.25 Å². The molecule has 0 aromatic heterocycles. The number of ether oxygens (including phenoxy) is 1. The van der Waals surface area contributed by atoms with Crippen molar-refractivity contribution < 1.29 is 17.9 Å². The highest BCUT2D eigenvalue weighted by atomic mass is 32.2. The largest absolute Gasteiger partial charge is 0.377 e.